The first-order valence-electron chi connectivity index (χ1n) is 6.87. The van der Waals surface area contributed by atoms with Gasteiger partial charge in [0.1, 0.15) is 10.7 Å². The van der Waals surface area contributed by atoms with E-state index in [1.807, 2.05) is 0 Å². The second-order valence-electron chi connectivity index (χ2n) is 5.61. The number of anilines is 1. The van der Waals surface area contributed by atoms with Gasteiger partial charge in [-0.25, -0.2) is 21.2 Å². The lowest BCUT2D eigenvalue weighted by atomic mass is 10.0. The van der Waals surface area contributed by atoms with Crippen molar-refractivity contribution in [2.45, 2.75) is 24.7 Å². The highest BCUT2D eigenvalue weighted by molar-refractivity contribution is 7.92. The summed E-state index contributed by atoms with van der Waals surface area (Å²) in [7, 11) is -7.44. The Morgan fingerprint density at radius 3 is 2.27 bits per heavy atom. The van der Waals surface area contributed by atoms with E-state index in [0.29, 0.717) is 19.0 Å². The van der Waals surface area contributed by atoms with Gasteiger partial charge >= 0.3 is 0 Å². The zero-order valence-electron chi connectivity index (χ0n) is 12.4. The molecule has 0 amide bonds. The minimum absolute atomic E-state index is 0.00813. The first-order chi connectivity index (χ1) is 10.1. The van der Waals surface area contributed by atoms with Crippen LogP contribution in [0.5, 0.6) is 0 Å². The van der Waals surface area contributed by atoms with E-state index in [2.05, 4.69) is 11.6 Å². The minimum Gasteiger partial charge on any atom is -0.284 e. The highest BCUT2D eigenvalue weighted by atomic mass is 32.2. The van der Waals surface area contributed by atoms with Gasteiger partial charge in [0.2, 0.25) is 20.0 Å². The number of hydrogen-bond acceptors (Lipinski definition) is 4. The molecule has 0 spiro atoms. The maximum Gasteiger partial charge on any atom is 0.245 e. The summed E-state index contributed by atoms with van der Waals surface area (Å²) in [6.07, 6.45) is 2.42. The van der Waals surface area contributed by atoms with E-state index < -0.39 is 30.8 Å². The first kappa shape index (κ1) is 17.2. The SMILES string of the molecule is CC1CCN(S(=O)(=O)c2ccc(NS(C)(=O)=O)cc2F)CC1. The number of sulfonamides is 2. The van der Waals surface area contributed by atoms with Gasteiger partial charge in [-0.15, -0.1) is 0 Å². The van der Waals surface area contributed by atoms with Crippen LogP contribution in [0.25, 0.3) is 0 Å². The van der Waals surface area contributed by atoms with Gasteiger partial charge in [0.05, 0.1) is 11.9 Å². The molecular weight excluding hydrogens is 331 g/mol. The number of hydrogen-bond donors (Lipinski definition) is 1. The average molecular weight is 350 g/mol. The van der Waals surface area contributed by atoms with Crippen LogP contribution in [-0.2, 0) is 20.0 Å². The molecule has 0 unspecified atom stereocenters. The highest BCUT2D eigenvalue weighted by Gasteiger charge is 2.30. The summed E-state index contributed by atoms with van der Waals surface area (Å²) in [4.78, 5) is -0.430. The van der Waals surface area contributed by atoms with Crippen molar-refractivity contribution in [2.75, 3.05) is 24.1 Å². The van der Waals surface area contributed by atoms with Crippen molar-refractivity contribution in [1.82, 2.24) is 4.31 Å². The molecule has 124 valence electrons. The van der Waals surface area contributed by atoms with Gasteiger partial charge in [0, 0.05) is 13.1 Å². The van der Waals surface area contributed by atoms with Crippen LogP contribution in [0.1, 0.15) is 19.8 Å². The third-order valence-corrected chi connectivity index (χ3v) is 6.13. The third-order valence-electron chi connectivity index (χ3n) is 3.60. The van der Waals surface area contributed by atoms with Crippen molar-refractivity contribution in [3.8, 4) is 0 Å². The average Bonchev–Trinajstić information content (AvgIpc) is 2.36. The Labute approximate surface area is 130 Å². The molecule has 0 bridgehead atoms. The summed E-state index contributed by atoms with van der Waals surface area (Å²) in [5.41, 5.74) is -0.00813. The second-order valence-corrected chi connectivity index (χ2v) is 9.26. The molecular formula is C13H19FN2O4S2. The zero-order valence-corrected chi connectivity index (χ0v) is 14.0. The number of nitrogens with one attached hydrogen (secondary N) is 1. The van der Waals surface area contributed by atoms with Gasteiger partial charge in [-0.2, -0.15) is 4.31 Å². The smallest absolute Gasteiger partial charge is 0.245 e. The molecule has 1 fully saturated rings. The Hall–Kier alpha value is -1.19. The molecule has 0 radical (unpaired) electrons. The van der Waals surface area contributed by atoms with Crippen molar-refractivity contribution < 1.29 is 21.2 Å². The number of piperidine rings is 1. The van der Waals surface area contributed by atoms with Crippen LogP contribution in [0, 0.1) is 11.7 Å². The maximum absolute atomic E-state index is 14.1. The Balaban J connectivity index is 2.28. The monoisotopic (exact) mass is 350 g/mol. The predicted molar refractivity (Wildman–Crippen MR) is 82.0 cm³/mol. The van der Waals surface area contributed by atoms with Gasteiger partial charge in [-0.1, -0.05) is 6.92 Å². The van der Waals surface area contributed by atoms with Gasteiger partial charge in [0.25, 0.3) is 0 Å². The number of benzene rings is 1. The van der Waals surface area contributed by atoms with Crippen LogP contribution in [-0.4, -0.2) is 40.5 Å². The van der Waals surface area contributed by atoms with Gasteiger partial charge in [-0.05, 0) is 37.0 Å². The number of halogens is 1. The lowest BCUT2D eigenvalue weighted by Gasteiger charge is -2.29. The molecule has 0 saturated carbocycles. The fourth-order valence-electron chi connectivity index (χ4n) is 2.35. The minimum atomic E-state index is -3.90. The van der Waals surface area contributed by atoms with E-state index in [0.717, 1.165) is 31.2 Å². The van der Waals surface area contributed by atoms with E-state index >= 15 is 0 Å². The standard InChI is InChI=1S/C13H19FN2O4S2/c1-10-5-7-16(8-6-10)22(19,20)13-4-3-11(9-12(13)14)15-21(2,17)18/h3-4,9-10,15H,5-8H2,1-2H3. The van der Waals surface area contributed by atoms with Crippen molar-refractivity contribution in [1.29, 1.82) is 0 Å². The zero-order chi connectivity index (χ0) is 16.5. The van der Waals surface area contributed by atoms with Gasteiger partial charge < -0.3 is 0 Å². The second kappa shape index (κ2) is 6.13. The van der Waals surface area contributed by atoms with E-state index in [1.54, 1.807) is 0 Å². The van der Waals surface area contributed by atoms with Crippen LogP contribution in [0.3, 0.4) is 0 Å². The molecule has 0 aliphatic carbocycles. The molecule has 1 aliphatic rings. The first-order valence-corrected chi connectivity index (χ1v) is 10.2. The van der Waals surface area contributed by atoms with Crippen molar-refractivity contribution >= 4 is 25.7 Å². The fraction of sp³-hybridized carbons (Fsp3) is 0.538. The highest BCUT2D eigenvalue weighted by Crippen LogP contribution is 2.26. The van der Waals surface area contributed by atoms with Gasteiger partial charge in [-0.3, -0.25) is 4.72 Å². The summed E-state index contributed by atoms with van der Waals surface area (Å²) < 4.78 is 64.6. The molecule has 1 aliphatic heterocycles. The van der Waals surface area contributed by atoms with Crippen molar-refractivity contribution in [3.63, 3.8) is 0 Å². The quantitative estimate of drug-likeness (QED) is 0.894. The lowest BCUT2D eigenvalue weighted by Crippen LogP contribution is -2.38. The summed E-state index contributed by atoms with van der Waals surface area (Å²) >= 11 is 0. The Morgan fingerprint density at radius 1 is 1.18 bits per heavy atom. The molecule has 1 aromatic rings. The summed E-state index contributed by atoms with van der Waals surface area (Å²) in [5, 5.41) is 0. The molecule has 1 aromatic carbocycles. The molecule has 0 aromatic heterocycles. The lowest BCUT2D eigenvalue weighted by molar-refractivity contribution is 0.287. The number of nitrogens with zero attached hydrogens (tertiary/aromatic N) is 1. The molecule has 1 heterocycles. The molecule has 0 atom stereocenters. The fourth-order valence-corrected chi connectivity index (χ4v) is 4.42. The van der Waals surface area contributed by atoms with Crippen molar-refractivity contribution in [2.24, 2.45) is 5.92 Å². The van der Waals surface area contributed by atoms with E-state index in [4.69, 9.17) is 0 Å². The van der Waals surface area contributed by atoms with Crippen LogP contribution in [0.2, 0.25) is 0 Å². The summed E-state index contributed by atoms with van der Waals surface area (Å²) in [6.45, 7) is 2.79. The van der Waals surface area contributed by atoms with Crippen LogP contribution < -0.4 is 4.72 Å². The Bertz CT molecular complexity index is 754. The van der Waals surface area contributed by atoms with Gasteiger partial charge in [0.15, 0.2) is 0 Å². The topological polar surface area (TPSA) is 83.6 Å². The molecule has 1 N–H and O–H groups in total. The molecule has 2 rings (SSSR count). The van der Waals surface area contributed by atoms with Crippen LogP contribution in [0.15, 0.2) is 23.1 Å². The molecule has 1 saturated heterocycles. The van der Waals surface area contributed by atoms with Crippen LogP contribution >= 0.6 is 0 Å². The Morgan fingerprint density at radius 2 is 1.77 bits per heavy atom. The predicted octanol–water partition coefficient (Wildman–Crippen LogP) is 1.62. The van der Waals surface area contributed by atoms with Crippen molar-refractivity contribution in [3.05, 3.63) is 24.0 Å². The number of rotatable bonds is 4. The molecule has 9 heteroatoms. The summed E-state index contributed by atoms with van der Waals surface area (Å²) in [5.74, 6) is -0.509. The largest absolute Gasteiger partial charge is 0.284 e. The van der Waals surface area contributed by atoms with E-state index in [-0.39, 0.29) is 5.69 Å². The summed E-state index contributed by atoms with van der Waals surface area (Å²) in [6, 6.07) is 3.21. The van der Waals surface area contributed by atoms with E-state index in [1.165, 1.54) is 10.4 Å². The normalized spacial score (nSPS) is 18.3. The third kappa shape index (κ3) is 3.96. The van der Waals surface area contributed by atoms with E-state index in [9.17, 15) is 21.2 Å². The Kier molecular flexibility index (Phi) is 4.78. The van der Waals surface area contributed by atoms with Crippen LogP contribution in [0.4, 0.5) is 10.1 Å². The maximum atomic E-state index is 14.1. The molecule has 6 nitrogen and oxygen atoms in total. The molecule has 22 heavy (non-hydrogen) atoms.